The van der Waals surface area contributed by atoms with Crippen molar-refractivity contribution in [3.8, 4) is 0 Å². The lowest BCUT2D eigenvalue weighted by molar-refractivity contribution is -0.141. The van der Waals surface area contributed by atoms with E-state index in [2.05, 4.69) is 18.3 Å². The van der Waals surface area contributed by atoms with Crippen LogP contribution in [0.3, 0.4) is 0 Å². The van der Waals surface area contributed by atoms with Gasteiger partial charge in [0.1, 0.15) is 0 Å². The Bertz CT molecular complexity index is 645. The van der Waals surface area contributed by atoms with E-state index in [1.807, 2.05) is 24.0 Å². The van der Waals surface area contributed by atoms with Gasteiger partial charge in [0.2, 0.25) is 11.8 Å². The molecule has 0 aromatic heterocycles. The number of likely N-dealkylation sites (tertiary alicyclic amines) is 1. The fraction of sp³-hybridized carbons (Fsp3) is 0.619. The van der Waals surface area contributed by atoms with Crippen LogP contribution in [-0.2, 0) is 20.7 Å². The van der Waals surface area contributed by atoms with E-state index >= 15 is 0 Å². The van der Waals surface area contributed by atoms with Crippen molar-refractivity contribution in [1.29, 1.82) is 0 Å². The number of aryl methyl sites for hydroxylation is 2. The summed E-state index contributed by atoms with van der Waals surface area (Å²) in [5.41, 5.74) is 3.23. The third-order valence-corrected chi connectivity index (χ3v) is 5.74. The van der Waals surface area contributed by atoms with Crippen molar-refractivity contribution in [2.45, 2.75) is 46.0 Å². The lowest BCUT2D eigenvalue weighted by atomic mass is 9.92. The molecule has 0 bridgehead atoms. The van der Waals surface area contributed by atoms with Crippen LogP contribution in [0.25, 0.3) is 0 Å². The van der Waals surface area contributed by atoms with Crippen molar-refractivity contribution in [3.05, 3.63) is 29.3 Å². The first kappa shape index (κ1) is 18.9. The van der Waals surface area contributed by atoms with Crippen LogP contribution < -0.4 is 5.32 Å². The molecule has 2 aliphatic rings. The molecule has 2 heterocycles. The molecule has 26 heavy (non-hydrogen) atoms. The molecule has 5 heteroatoms. The van der Waals surface area contributed by atoms with Gasteiger partial charge in [-0.2, -0.15) is 0 Å². The van der Waals surface area contributed by atoms with Gasteiger partial charge >= 0.3 is 0 Å². The van der Waals surface area contributed by atoms with E-state index in [4.69, 9.17) is 4.74 Å². The van der Waals surface area contributed by atoms with Gasteiger partial charge in [0, 0.05) is 43.8 Å². The maximum Gasteiger partial charge on any atom is 0.227 e. The number of nitrogens with one attached hydrogen (secondary N) is 1. The number of benzene rings is 1. The van der Waals surface area contributed by atoms with E-state index in [1.54, 1.807) is 0 Å². The van der Waals surface area contributed by atoms with Crippen molar-refractivity contribution < 1.29 is 14.3 Å². The first-order chi connectivity index (χ1) is 12.6. The summed E-state index contributed by atoms with van der Waals surface area (Å²) < 4.78 is 5.35. The molecule has 5 nitrogen and oxygen atoms in total. The topological polar surface area (TPSA) is 58.6 Å². The Labute approximate surface area is 156 Å². The molecule has 1 N–H and O–H groups in total. The summed E-state index contributed by atoms with van der Waals surface area (Å²) in [6.07, 6.45) is 4.04. The lowest BCUT2D eigenvalue weighted by Gasteiger charge is -2.34. The van der Waals surface area contributed by atoms with Gasteiger partial charge in [0.25, 0.3) is 0 Å². The second kappa shape index (κ2) is 8.67. The van der Waals surface area contributed by atoms with Crippen LogP contribution in [0.4, 0.5) is 5.69 Å². The standard InChI is InChI=1S/C21H30N2O3/c1-3-16-6-4-5-15(2)19(16)22-20(24)17-7-11-23(12-8-17)21(25)18-9-13-26-14-10-18/h4-6,17-18H,3,7-14H2,1-2H3,(H,22,24). The summed E-state index contributed by atoms with van der Waals surface area (Å²) in [4.78, 5) is 27.3. The normalized spacial score (nSPS) is 19.4. The highest BCUT2D eigenvalue weighted by atomic mass is 16.5. The molecule has 1 aromatic rings. The minimum absolute atomic E-state index is 0.0157. The molecule has 2 amide bonds. The SMILES string of the molecule is CCc1cccc(C)c1NC(=O)C1CCN(C(=O)C2CCOCC2)CC1. The summed E-state index contributed by atoms with van der Waals surface area (Å²) in [7, 11) is 0. The largest absolute Gasteiger partial charge is 0.381 e. The molecule has 0 radical (unpaired) electrons. The molecule has 0 spiro atoms. The van der Waals surface area contributed by atoms with Crippen LogP contribution in [0, 0.1) is 18.8 Å². The Morgan fingerprint density at radius 2 is 1.81 bits per heavy atom. The number of anilines is 1. The van der Waals surface area contributed by atoms with Crippen molar-refractivity contribution >= 4 is 17.5 Å². The Hall–Kier alpha value is -1.88. The number of nitrogens with zero attached hydrogens (tertiary/aromatic N) is 1. The van der Waals surface area contributed by atoms with Gasteiger partial charge in [-0.25, -0.2) is 0 Å². The Kier molecular flexibility index (Phi) is 6.30. The van der Waals surface area contributed by atoms with Crippen molar-refractivity contribution in [2.24, 2.45) is 11.8 Å². The fourth-order valence-corrected chi connectivity index (χ4v) is 3.99. The van der Waals surface area contributed by atoms with Gasteiger partial charge < -0.3 is 15.0 Å². The monoisotopic (exact) mass is 358 g/mol. The molecule has 1 aromatic carbocycles. The molecule has 0 unspecified atom stereocenters. The number of para-hydroxylation sites is 1. The maximum atomic E-state index is 12.7. The maximum absolute atomic E-state index is 12.7. The van der Waals surface area contributed by atoms with Gasteiger partial charge in [-0.15, -0.1) is 0 Å². The Morgan fingerprint density at radius 3 is 2.46 bits per heavy atom. The Morgan fingerprint density at radius 1 is 1.12 bits per heavy atom. The smallest absolute Gasteiger partial charge is 0.227 e. The quantitative estimate of drug-likeness (QED) is 0.899. The van der Waals surface area contributed by atoms with Crippen LogP contribution >= 0.6 is 0 Å². The highest BCUT2D eigenvalue weighted by molar-refractivity contribution is 5.94. The zero-order valence-corrected chi connectivity index (χ0v) is 15.9. The average Bonchev–Trinajstić information content (AvgIpc) is 2.69. The van der Waals surface area contributed by atoms with Gasteiger partial charge in [-0.1, -0.05) is 25.1 Å². The van der Waals surface area contributed by atoms with Crippen molar-refractivity contribution in [2.75, 3.05) is 31.6 Å². The second-order valence-electron chi connectivity index (χ2n) is 7.44. The number of hydrogen-bond donors (Lipinski definition) is 1. The summed E-state index contributed by atoms with van der Waals surface area (Å²) in [5, 5.41) is 3.15. The number of amides is 2. The fourth-order valence-electron chi connectivity index (χ4n) is 3.99. The Balaban J connectivity index is 1.55. The van der Waals surface area contributed by atoms with Gasteiger partial charge in [-0.05, 0) is 50.2 Å². The van der Waals surface area contributed by atoms with Crippen LogP contribution in [0.2, 0.25) is 0 Å². The van der Waals surface area contributed by atoms with Crippen molar-refractivity contribution in [3.63, 3.8) is 0 Å². The van der Waals surface area contributed by atoms with Gasteiger partial charge in [0.05, 0.1) is 0 Å². The minimum atomic E-state index is -0.0157. The van der Waals surface area contributed by atoms with Crippen LogP contribution in [-0.4, -0.2) is 43.0 Å². The van der Waals surface area contributed by atoms with E-state index in [-0.39, 0.29) is 23.7 Å². The number of carbonyl (C=O) groups excluding carboxylic acids is 2. The van der Waals surface area contributed by atoms with E-state index in [1.165, 1.54) is 5.56 Å². The number of ether oxygens (including phenoxy) is 1. The average molecular weight is 358 g/mol. The first-order valence-corrected chi connectivity index (χ1v) is 9.86. The molecular formula is C21H30N2O3. The molecule has 0 atom stereocenters. The van der Waals surface area contributed by atoms with Gasteiger partial charge in [-0.3, -0.25) is 9.59 Å². The van der Waals surface area contributed by atoms with Crippen LogP contribution in [0.15, 0.2) is 18.2 Å². The third-order valence-electron chi connectivity index (χ3n) is 5.74. The van der Waals surface area contributed by atoms with E-state index in [9.17, 15) is 9.59 Å². The van der Waals surface area contributed by atoms with Crippen LogP contribution in [0.5, 0.6) is 0 Å². The van der Waals surface area contributed by atoms with Crippen LogP contribution in [0.1, 0.15) is 43.7 Å². The number of piperidine rings is 1. The van der Waals surface area contributed by atoms with E-state index < -0.39 is 0 Å². The number of rotatable bonds is 4. The molecule has 0 aliphatic carbocycles. The summed E-state index contributed by atoms with van der Waals surface area (Å²) in [6, 6.07) is 6.13. The van der Waals surface area contributed by atoms with E-state index in [0.717, 1.165) is 43.4 Å². The molecule has 0 saturated carbocycles. The van der Waals surface area contributed by atoms with Crippen molar-refractivity contribution in [1.82, 2.24) is 4.90 Å². The van der Waals surface area contributed by atoms with E-state index in [0.29, 0.717) is 26.3 Å². The molecule has 2 fully saturated rings. The predicted octanol–water partition coefficient (Wildman–Crippen LogP) is 3.16. The molecular weight excluding hydrogens is 328 g/mol. The molecule has 2 saturated heterocycles. The first-order valence-electron chi connectivity index (χ1n) is 9.86. The lowest BCUT2D eigenvalue weighted by Crippen LogP contribution is -2.45. The summed E-state index contributed by atoms with van der Waals surface area (Å²) in [5.74, 6) is 0.428. The predicted molar refractivity (Wildman–Crippen MR) is 102 cm³/mol. The summed E-state index contributed by atoms with van der Waals surface area (Å²) in [6.45, 7) is 6.87. The zero-order valence-electron chi connectivity index (χ0n) is 15.9. The minimum Gasteiger partial charge on any atom is -0.381 e. The molecule has 2 aliphatic heterocycles. The second-order valence-corrected chi connectivity index (χ2v) is 7.44. The highest BCUT2D eigenvalue weighted by Crippen LogP contribution is 2.26. The van der Waals surface area contributed by atoms with Gasteiger partial charge in [0.15, 0.2) is 0 Å². The third kappa shape index (κ3) is 4.26. The molecule has 142 valence electrons. The highest BCUT2D eigenvalue weighted by Gasteiger charge is 2.31. The summed E-state index contributed by atoms with van der Waals surface area (Å²) >= 11 is 0. The number of hydrogen-bond acceptors (Lipinski definition) is 3. The molecule has 3 rings (SSSR count). The number of carbonyl (C=O) groups is 2. The zero-order chi connectivity index (χ0) is 18.5.